The molecule has 0 aromatic carbocycles. The Kier molecular flexibility index (Phi) is 3.38. The highest BCUT2D eigenvalue weighted by atomic mass is 16.5. The van der Waals surface area contributed by atoms with Gasteiger partial charge in [-0.1, -0.05) is 30.7 Å². The van der Waals surface area contributed by atoms with Crippen molar-refractivity contribution in [2.24, 2.45) is 0 Å². The standard InChI is InChI=1S/C12H19NO/c1-2-11-4-3-5-12(10-11)13-6-8-14-9-7-13/h3-4,10,12H,2,5-9H2,1H3. The Bertz CT molecular complexity index is 239. The van der Waals surface area contributed by atoms with Crippen molar-refractivity contribution in [3.8, 4) is 0 Å². The van der Waals surface area contributed by atoms with Crippen molar-refractivity contribution in [1.82, 2.24) is 4.90 Å². The van der Waals surface area contributed by atoms with Gasteiger partial charge in [0.25, 0.3) is 0 Å². The van der Waals surface area contributed by atoms with E-state index in [9.17, 15) is 0 Å². The van der Waals surface area contributed by atoms with Crippen molar-refractivity contribution in [3.05, 3.63) is 23.8 Å². The molecule has 0 amide bonds. The summed E-state index contributed by atoms with van der Waals surface area (Å²) in [5.41, 5.74) is 1.48. The van der Waals surface area contributed by atoms with Crippen LogP contribution in [0.25, 0.3) is 0 Å². The van der Waals surface area contributed by atoms with Crippen LogP contribution >= 0.6 is 0 Å². The first kappa shape index (κ1) is 9.94. The normalized spacial score (nSPS) is 28.9. The van der Waals surface area contributed by atoms with E-state index in [0.29, 0.717) is 6.04 Å². The van der Waals surface area contributed by atoms with Gasteiger partial charge in [0.15, 0.2) is 0 Å². The van der Waals surface area contributed by atoms with Gasteiger partial charge in [-0.2, -0.15) is 0 Å². The first-order chi connectivity index (χ1) is 6.90. The van der Waals surface area contributed by atoms with E-state index in [1.807, 2.05) is 0 Å². The maximum Gasteiger partial charge on any atom is 0.0594 e. The minimum absolute atomic E-state index is 0.624. The summed E-state index contributed by atoms with van der Waals surface area (Å²) >= 11 is 0. The van der Waals surface area contributed by atoms with Gasteiger partial charge in [0, 0.05) is 19.1 Å². The predicted octanol–water partition coefficient (Wildman–Crippen LogP) is 1.98. The van der Waals surface area contributed by atoms with Gasteiger partial charge in [-0.15, -0.1) is 0 Å². The van der Waals surface area contributed by atoms with E-state index in [0.717, 1.165) is 32.7 Å². The van der Waals surface area contributed by atoms with E-state index in [2.05, 4.69) is 30.1 Å². The van der Waals surface area contributed by atoms with Crippen LogP contribution in [0.15, 0.2) is 23.8 Å². The molecule has 0 aromatic rings. The summed E-state index contributed by atoms with van der Waals surface area (Å²) in [7, 11) is 0. The lowest BCUT2D eigenvalue weighted by molar-refractivity contribution is 0.0258. The smallest absolute Gasteiger partial charge is 0.0594 e. The van der Waals surface area contributed by atoms with E-state index < -0.39 is 0 Å². The van der Waals surface area contributed by atoms with Crippen LogP contribution in [0.1, 0.15) is 19.8 Å². The first-order valence-corrected chi connectivity index (χ1v) is 5.59. The van der Waals surface area contributed by atoms with Crippen LogP contribution in [-0.2, 0) is 4.74 Å². The number of nitrogens with zero attached hydrogens (tertiary/aromatic N) is 1. The van der Waals surface area contributed by atoms with Crippen molar-refractivity contribution in [2.45, 2.75) is 25.8 Å². The Hall–Kier alpha value is -0.600. The van der Waals surface area contributed by atoms with Crippen molar-refractivity contribution in [3.63, 3.8) is 0 Å². The summed E-state index contributed by atoms with van der Waals surface area (Å²) in [6, 6.07) is 0.624. The molecule has 0 spiro atoms. The number of allylic oxidation sites excluding steroid dienone is 2. The van der Waals surface area contributed by atoms with Crippen LogP contribution in [0.5, 0.6) is 0 Å². The fourth-order valence-electron chi connectivity index (χ4n) is 2.13. The molecule has 14 heavy (non-hydrogen) atoms. The lowest BCUT2D eigenvalue weighted by Gasteiger charge is -2.33. The number of ether oxygens (including phenoxy) is 1. The van der Waals surface area contributed by atoms with Crippen LogP contribution in [0, 0.1) is 0 Å². The highest BCUT2D eigenvalue weighted by Crippen LogP contribution is 2.18. The van der Waals surface area contributed by atoms with Gasteiger partial charge in [0.2, 0.25) is 0 Å². The summed E-state index contributed by atoms with van der Waals surface area (Å²) in [6.07, 6.45) is 9.31. The summed E-state index contributed by atoms with van der Waals surface area (Å²) in [4.78, 5) is 2.53. The quantitative estimate of drug-likeness (QED) is 0.665. The summed E-state index contributed by atoms with van der Waals surface area (Å²) < 4.78 is 5.36. The predicted molar refractivity (Wildman–Crippen MR) is 58.3 cm³/mol. The van der Waals surface area contributed by atoms with Gasteiger partial charge >= 0.3 is 0 Å². The molecule has 2 heteroatoms. The zero-order valence-corrected chi connectivity index (χ0v) is 8.91. The van der Waals surface area contributed by atoms with Crippen molar-refractivity contribution in [1.29, 1.82) is 0 Å². The summed E-state index contributed by atoms with van der Waals surface area (Å²) in [6.45, 7) is 6.20. The van der Waals surface area contributed by atoms with Crippen molar-refractivity contribution in [2.75, 3.05) is 26.3 Å². The second kappa shape index (κ2) is 4.76. The number of morpholine rings is 1. The SMILES string of the molecule is CCC1=CC(N2CCOCC2)CC=C1. The van der Waals surface area contributed by atoms with E-state index in [1.165, 1.54) is 12.0 Å². The van der Waals surface area contributed by atoms with Gasteiger partial charge in [-0.05, 0) is 12.8 Å². The van der Waals surface area contributed by atoms with Crippen molar-refractivity contribution < 1.29 is 4.74 Å². The Morgan fingerprint density at radius 2 is 2.21 bits per heavy atom. The summed E-state index contributed by atoms with van der Waals surface area (Å²) in [5, 5.41) is 0. The monoisotopic (exact) mass is 193 g/mol. The van der Waals surface area contributed by atoms with Crippen molar-refractivity contribution >= 4 is 0 Å². The molecule has 1 saturated heterocycles. The second-order valence-electron chi connectivity index (χ2n) is 3.95. The largest absolute Gasteiger partial charge is 0.379 e. The molecule has 0 radical (unpaired) electrons. The highest BCUT2D eigenvalue weighted by Gasteiger charge is 2.19. The van der Waals surface area contributed by atoms with Gasteiger partial charge in [-0.25, -0.2) is 0 Å². The number of hydrogen-bond donors (Lipinski definition) is 0. The van der Waals surface area contributed by atoms with Gasteiger partial charge in [-0.3, -0.25) is 4.90 Å². The first-order valence-electron chi connectivity index (χ1n) is 5.59. The molecule has 2 rings (SSSR count). The molecule has 1 aliphatic carbocycles. The van der Waals surface area contributed by atoms with Gasteiger partial charge in [0.1, 0.15) is 0 Å². The average Bonchev–Trinajstić information content (AvgIpc) is 2.30. The van der Waals surface area contributed by atoms with Crippen LogP contribution in [0.2, 0.25) is 0 Å². The highest BCUT2D eigenvalue weighted by molar-refractivity contribution is 5.25. The Morgan fingerprint density at radius 3 is 2.93 bits per heavy atom. The molecule has 78 valence electrons. The van der Waals surface area contributed by atoms with Crippen LogP contribution in [-0.4, -0.2) is 37.2 Å². The third kappa shape index (κ3) is 2.25. The molecule has 1 heterocycles. The number of hydrogen-bond acceptors (Lipinski definition) is 2. The van der Waals surface area contributed by atoms with Gasteiger partial charge < -0.3 is 4.74 Å². The molecular formula is C12H19NO. The zero-order valence-electron chi connectivity index (χ0n) is 8.91. The molecule has 0 saturated carbocycles. The molecule has 2 nitrogen and oxygen atoms in total. The zero-order chi connectivity index (χ0) is 9.80. The maximum atomic E-state index is 5.36. The van der Waals surface area contributed by atoms with Crippen LogP contribution in [0.4, 0.5) is 0 Å². The Morgan fingerprint density at radius 1 is 1.43 bits per heavy atom. The third-order valence-electron chi connectivity index (χ3n) is 3.04. The molecule has 1 atom stereocenters. The fraction of sp³-hybridized carbons (Fsp3) is 0.667. The lowest BCUT2D eigenvalue weighted by Crippen LogP contribution is -2.43. The molecule has 1 unspecified atom stereocenters. The molecule has 0 aromatic heterocycles. The third-order valence-corrected chi connectivity index (χ3v) is 3.04. The van der Waals surface area contributed by atoms with Crippen LogP contribution in [0.3, 0.4) is 0 Å². The van der Waals surface area contributed by atoms with E-state index in [-0.39, 0.29) is 0 Å². The second-order valence-corrected chi connectivity index (χ2v) is 3.95. The molecule has 0 bridgehead atoms. The Balaban J connectivity index is 1.97. The molecule has 2 aliphatic rings. The Labute approximate surface area is 86.2 Å². The molecule has 1 aliphatic heterocycles. The van der Waals surface area contributed by atoms with E-state index in [1.54, 1.807) is 0 Å². The van der Waals surface area contributed by atoms with E-state index in [4.69, 9.17) is 4.74 Å². The minimum Gasteiger partial charge on any atom is -0.379 e. The minimum atomic E-state index is 0.624. The fourth-order valence-corrected chi connectivity index (χ4v) is 2.13. The summed E-state index contributed by atoms with van der Waals surface area (Å²) in [5.74, 6) is 0. The van der Waals surface area contributed by atoms with E-state index >= 15 is 0 Å². The topological polar surface area (TPSA) is 12.5 Å². The maximum absolute atomic E-state index is 5.36. The molecule has 0 N–H and O–H groups in total. The lowest BCUT2D eigenvalue weighted by atomic mass is 9.99. The molecule has 1 fully saturated rings. The molecular weight excluding hydrogens is 174 g/mol. The van der Waals surface area contributed by atoms with Crippen LogP contribution < -0.4 is 0 Å². The average molecular weight is 193 g/mol. The van der Waals surface area contributed by atoms with Gasteiger partial charge in [0.05, 0.1) is 13.2 Å². The number of rotatable bonds is 2.